The molecule has 1 aliphatic heterocycles. The Bertz CT molecular complexity index is 1130. The lowest BCUT2D eigenvalue weighted by molar-refractivity contribution is -0.0823. The molecule has 3 N–H and O–H groups in total. The molecule has 5 rings (SSSR count). The molecule has 168 valence electrons. The number of nitrogens with zero attached hydrogens (tertiary/aromatic N) is 4. The van der Waals surface area contributed by atoms with Crippen molar-refractivity contribution in [1.29, 1.82) is 0 Å². The molecular weight excluding hydrogens is 402 g/mol. The Morgan fingerprint density at radius 3 is 2.75 bits per heavy atom. The third-order valence-corrected chi connectivity index (χ3v) is 6.89. The van der Waals surface area contributed by atoms with Crippen molar-refractivity contribution >= 4 is 16.7 Å². The summed E-state index contributed by atoms with van der Waals surface area (Å²) in [6.07, 6.45) is 5.64. The minimum Gasteiger partial charge on any atom is -0.507 e. The molecule has 2 aliphatic rings. The van der Waals surface area contributed by atoms with Gasteiger partial charge in [-0.3, -0.25) is 9.88 Å². The standard InChI is InChI=1S/C25H31N5O2/c1-15-10-16(2)21(20(31)11-15)22-19-7-4-8-26-23(19)24(29-28-22)27-17-6-5-9-30(14-17)18-12-25(3,32)13-18/h4,7-8,10-11,17-18,31-32H,5-6,9,12-14H2,1-3H3,(H,27,29). The van der Waals surface area contributed by atoms with Gasteiger partial charge in [-0.05, 0) is 82.3 Å². The first-order valence-corrected chi connectivity index (χ1v) is 11.5. The molecular formula is C25H31N5O2. The monoisotopic (exact) mass is 433 g/mol. The molecule has 0 radical (unpaired) electrons. The number of aromatic hydroxyl groups is 1. The Morgan fingerprint density at radius 1 is 1.19 bits per heavy atom. The van der Waals surface area contributed by atoms with Crippen molar-refractivity contribution in [2.75, 3.05) is 18.4 Å². The summed E-state index contributed by atoms with van der Waals surface area (Å²) >= 11 is 0. The van der Waals surface area contributed by atoms with Gasteiger partial charge in [0.05, 0.1) is 5.60 Å². The van der Waals surface area contributed by atoms with E-state index in [2.05, 4.69) is 25.4 Å². The van der Waals surface area contributed by atoms with Gasteiger partial charge in [-0.2, -0.15) is 0 Å². The van der Waals surface area contributed by atoms with E-state index in [4.69, 9.17) is 0 Å². The topological polar surface area (TPSA) is 94.4 Å². The number of aliphatic hydroxyl groups is 1. The summed E-state index contributed by atoms with van der Waals surface area (Å²) in [5.74, 6) is 0.892. The molecule has 3 heterocycles. The van der Waals surface area contributed by atoms with E-state index in [1.165, 1.54) is 0 Å². The number of likely N-dealkylation sites (tertiary alicyclic amines) is 1. The van der Waals surface area contributed by atoms with Gasteiger partial charge in [-0.1, -0.05) is 6.07 Å². The molecule has 2 fully saturated rings. The number of phenols is 1. The number of fused-ring (bicyclic) bond motifs is 1. The Morgan fingerprint density at radius 2 is 2.00 bits per heavy atom. The van der Waals surface area contributed by atoms with Crippen LogP contribution in [0.25, 0.3) is 22.2 Å². The van der Waals surface area contributed by atoms with Crippen molar-refractivity contribution in [1.82, 2.24) is 20.1 Å². The Balaban J connectivity index is 1.43. The van der Waals surface area contributed by atoms with Gasteiger partial charge in [0, 0.05) is 35.8 Å². The molecule has 0 spiro atoms. The van der Waals surface area contributed by atoms with Crippen molar-refractivity contribution in [2.45, 2.75) is 64.1 Å². The van der Waals surface area contributed by atoms with E-state index >= 15 is 0 Å². The first-order chi connectivity index (χ1) is 15.3. The summed E-state index contributed by atoms with van der Waals surface area (Å²) in [6.45, 7) is 7.87. The highest BCUT2D eigenvalue weighted by Gasteiger charge is 2.42. The first kappa shape index (κ1) is 21.1. The zero-order chi connectivity index (χ0) is 22.5. The van der Waals surface area contributed by atoms with Crippen molar-refractivity contribution in [2.24, 2.45) is 0 Å². The Labute approximate surface area is 188 Å². The summed E-state index contributed by atoms with van der Waals surface area (Å²) in [5.41, 5.74) is 3.57. The van der Waals surface area contributed by atoms with Crippen LogP contribution in [0.15, 0.2) is 30.5 Å². The largest absolute Gasteiger partial charge is 0.507 e. The molecule has 0 bridgehead atoms. The maximum atomic E-state index is 10.6. The number of benzene rings is 1. The van der Waals surface area contributed by atoms with Crippen LogP contribution in [0.1, 0.15) is 43.7 Å². The zero-order valence-corrected chi connectivity index (χ0v) is 19.0. The summed E-state index contributed by atoms with van der Waals surface area (Å²) < 4.78 is 0. The fraction of sp³-hybridized carbons (Fsp3) is 0.480. The van der Waals surface area contributed by atoms with Crippen LogP contribution >= 0.6 is 0 Å². The molecule has 2 aromatic heterocycles. The maximum absolute atomic E-state index is 10.6. The number of hydrogen-bond acceptors (Lipinski definition) is 7. The predicted octanol–water partition coefficient (Wildman–Crippen LogP) is 3.80. The molecule has 1 saturated heterocycles. The number of hydrogen-bond donors (Lipinski definition) is 3. The second-order valence-electron chi connectivity index (χ2n) is 9.81. The molecule has 1 aliphatic carbocycles. The fourth-order valence-corrected chi connectivity index (χ4v) is 5.38. The number of piperidine rings is 1. The smallest absolute Gasteiger partial charge is 0.175 e. The molecule has 1 unspecified atom stereocenters. The van der Waals surface area contributed by atoms with Crippen LogP contribution in [0, 0.1) is 13.8 Å². The lowest BCUT2D eigenvalue weighted by atomic mass is 9.76. The van der Waals surface area contributed by atoms with Gasteiger partial charge >= 0.3 is 0 Å². The number of anilines is 1. The van der Waals surface area contributed by atoms with E-state index in [1.54, 1.807) is 12.3 Å². The third-order valence-electron chi connectivity index (χ3n) is 6.89. The highest BCUT2D eigenvalue weighted by Crippen LogP contribution is 2.38. The van der Waals surface area contributed by atoms with E-state index in [0.717, 1.165) is 60.8 Å². The van der Waals surface area contributed by atoms with Gasteiger partial charge in [0.25, 0.3) is 0 Å². The van der Waals surface area contributed by atoms with E-state index in [-0.39, 0.29) is 11.8 Å². The van der Waals surface area contributed by atoms with Crippen molar-refractivity contribution in [3.05, 3.63) is 41.6 Å². The van der Waals surface area contributed by atoms with Crippen LogP contribution in [0.2, 0.25) is 0 Å². The highest BCUT2D eigenvalue weighted by atomic mass is 16.3. The molecule has 1 atom stereocenters. The molecule has 1 saturated carbocycles. The maximum Gasteiger partial charge on any atom is 0.175 e. The fourth-order valence-electron chi connectivity index (χ4n) is 5.38. The highest BCUT2D eigenvalue weighted by molar-refractivity contribution is 5.99. The molecule has 0 amide bonds. The van der Waals surface area contributed by atoms with Crippen LogP contribution in [-0.4, -0.2) is 61.1 Å². The van der Waals surface area contributed by atoms with Crippen molar-refractivity contribution in [3.63, 3.8) is 0 Å². The first-order valence-electron chi connectivity index (χ1n) is 11.5. The molecule has 32 heavy (non-hydrogen) atoms. The predicted molar refractivity (Wildman–Crippen MR) is 126 cm³/mol. The Kier molecular flexibility index (Phi) is 5.26. The summed E-state index contributed by atoms with van der Waals surface area (Å²) in [4.78, 5) is 7.11. The number of pyridine rings is 1. The number of nitrogens with one attached hydrogen (secondary N) is 1. The SMILES string of the molecule is Cc1cc(C)c(-c2nnc(NC3CCCN(C4CC(C)(O)C4)C3)c3ncccc23)c(O)c1. The summed E-state index contributed by atoms with van der Waals surface area (Å²) in [6, 6.07) is 8.40. The minimum atomic E-state index is -0.508. The number of aromatic nitrogens is 3. The quantitative estimate of drug-likeness (QED) is 0.576. The average molecular weight is 434 g/mol. The van der Waals surface area contributed by atoms with E-state index in [0.29, 0.717) is 23.1 Å². The van der Waals surface area contributed by atoms with E-state index in [9.17, 15) is 10.2 Å². The summed E-state index contributed by atoms with van der Waals surface area (Å²) in [7, 11) is 0. The lowest BCUT2D eigenvalue weighted by Crippen LogP contribution is -2.57. The van der Waals surface area contributed by atoms with Gasteiger partial charge < -0.3 is 15.5 Å². The van der Waals surface area contributed by atoms with E-state index in [1.807, 2.05) is 39.0 Å². The van der Waals surface area contributed by atoms with Gasteiger partial charge in [0.15, 0.2) is 5.82 Å². The number of aryl methyl sites for hydroxylation is 2. The Hall–Kier alpha value is -2.77. The van der Waals surface area contributed by atoms with Crippen LogP contribution < -0.4 is 5.32 Å². The van der Waals surface area contributed by atoms with Crippen LogP contribution in [-0.2, 0) is 0 Å². The third kappa shape index (κ3) is 3.91. The van der Waals surface area contributed by atoms with Gasteiger partial charge in [0.2, 0.25) is 0 Å². The molecule has 3 aromatic rings. The van der Waals surface area contributed by atoms with Crippen LogP contribution in [0.5, 0.6) is 5.75 Å². The van der Waals surface area contributed by atoms with Gasteiger partial charge in [-0.25, -0.2) is 0 Å². The normalized spacial score (nSPS) is 26.1. The zero-order valence-electron chi connectivity index (χ0n) is 19.0. The second-order valence-corrected chi connectivity index (χ2v) is 9.81. The average Bonchev–Trinajstić information content (AvgIpc) is 2.73. The number of phenolic OH excluding ortho intramolecular Hbond substituents is 1. The molecule has 1 aromatic carbocycles. The van der Waals surface area contributed by atoms with Gasteiger partial charge in [0.1, 0.15) is 17.0 Å². The van der Waals surface area contributed by atoms with E-state index < -0.39 is 5.60 Å². The van der Waals surface area contributed by atoms with Crippen molar-refractivity contribution in [3.8, 4) is 17.0 Å². The molecule has 7 heteroatoms. The molecule has 7 nitrogen and oxygen atoms in total. The number of rotatable bonds is 4. The van der Waals surface area contributed by atoms with Crippen LogP contribution in [0.4, 0.5) is 5.82 Å². The lowest BCUT2D eigenvalue weighted by Gasteiger charge is -2.49. The van der Waals surface area contributed by atoms with Crippen LogP contribution in [0.3, 0.4) is 0 Å². The minimum absolute atomic E-state index is 0.210. The second kappa shape index (κ2) is 7.98. The summed E-state index contributed by atoms with van der Waals surface area (Å²) in [5, 5.41) is 34.3. The van der Waals surface area contributed by atoms with Gasteiger partial charge in [-0.15, -0.1) is 10.2 Å². The van der Waals surface area contributed by atoms with Crippen molar-refractivity contribution < 1.29 is 10.2 Å².